The number of nitrogens with zero attached hydrogens (tertiary/aromatic N) is 3. The molecule has 4 aliphatic rings. The third-order valence-corrected chi connectivity index (χ3v) is 10.9. The molecule has 2 aromatic rings. The number of carbonyl (C=O) groups is 3. The quantitative estimate of drug-likeness (QED) is 0.343. The fourth-order valence-corrected chi connectivity index (χ4v) is 7.92. The van der Waals surface area contributed by atoms with Gasteiger partial charge < -0.3 is 35.8 Å². The maximum Gasteiger partial charge on any atom is 0.410 e. The number of fused-ring (bicyclic) bond motifs is 1. The van der Waals surface area contributed by atoms with Crippen molar-refractivity contribution in [2.24, 2.45) is 11.8 Å². The number of likely N-dealkylation sites (tertiary alicyclic amines) is 2. The first kappa shape index (κ1) is 34.0. The van der Waals surface area contributed by atoms with Crippen molar-refractivity contribution >= 4 is 45.3 Å². The SMILES string of the molecule is C.Nc1ccc(C[C@@H](OC(=O)N2CCC(N3CCc4ccccc4NC3=O)CC2)C(=O)N2CCC(C3CCNCC3)CC2)cc1Br. The van der Waals surface area contributed by atoms with Gasteiger partial charge in [0.25, 0.3) is 5.91 Å². The van der Waals surface area contributed by atoms with E-state index in [4.69, 9.17) is 10.5 Å². The van der Waals surface area contributed by atoms with Crippen molar-refractivity contribution < 1.29 is 19.1 Å². The molecular formula is C35H49BrN6O4. The number of nitrogen functional groups attached to an aromatic ring is 1. The minimum Gasteiger partial charge on any atom is -0.436 e. The summed E-state index contributed by atoms with van der Waals surface area (Å²) in [6, 6.07) is 13.4. The first-order valence-electron chi connectivity index (χ1n) is 16.5. The number of halogens is 1. The van der Waals surface area contributed by atoms with Gasteiger partial charge in [0, 0.05) is 61.0 Å². The van der Waals surface area contributed by atoms with Crippen LogP contribution in [0.2, 0.25) is 0 Å². The molecule has 0 aromatic heterocycles. The second-order valence-corrected chi connectivity index (χ2v) is 13.8. The van der Waals surface area contributed by atoms with E-state index in [9.17, 15) is 14.4 Å². The van der Waals surface area contributed by atoms with Crippen molar-refractivity contribution in [3.63, 3.8) is 0 Å². The number of piperidine rings is 3. The van der Waals surface area contributed by atoms with E-state index in [1.807, 2.05) is 40.1 Å². The molecule has 1 atom stereocenters. The average Bonchev–Trinajstić information content (AvgIpc) is 3.24. The Hall–Kier alpha value is -3.31. The lowest BCUT2D eigenvalue weighted by molar-refractivity contribution is -0.142. The number of anilines is 2. The van der Waals surface area contributed by atoms with E-state index in [1.165, 1.54) is 12.8 Å². The third kappa shape index (κ3) is 7.97. The van der Waals surface area contributed by atoms with Gasteiger partial charge in [0.15, 0.2) is 6.10 Å². The second kappa shape index (κ2) is 15.5. The van der Waals surface area contributed by atoms with Crippen LogP contribution in [0.1, 0.15) is 57.1 Å². The molecule has 4 amide bonds. The lowest BCUT2D eigenvalue weighted by Crippen LogP contribution is -2.52. The highest BCUT2D eigenvalue weighted by atomic mass is 79.9. The number of amides is 4. The van der Waals surface area contributed by atoms with Gasteiger partial charge in [0.1, 0.15) is 0 Å². The highest BCUT2D eigenvalue weighted by Gasteiger charge is 2.36. The molecule has 0 saturated carbocycles. The summed E-state index contributed by atoms with van der Waals surface area (Å²) in [5, 5.41) is 6.50. The molecule has 46 heavy (non-hydrogen) atoms. The minimum absolute atomic E-state index is 0. The van der Waals surface area contributed by atoms with E-state index in [0.717, 1.165) is 59.6 Å². The highest BCUT2D eigenvalue weighted by molar-refractivity contribution is 9.10. The summed E-state index contributed by atoms with van der Waals surface area (Å²) >= 11 is 3.49. The van der Waals surface area contributed by atoms with Gasteiger partial charge in [-0.05, 0) is 115 Å². The molecular weight excluding hydrogens is 648 g/mol. The van der Waals surface area contributed by atoms with E-state index >= 15 is 0 Å². The predicted molar refractivity (Wildman–Crippen MR) is 185 cm³/mol. The Balaban J connectivity index is 0.00000417. The fourth-order valence-electron chi connectivity index (χ4n) is 7.50. The van der Waals surface area contributed by atoms with E-state index < -0.39 is 12.2 Å². The number of benzene rings is 2. The summed E-state index contributed by atoms with van der Waals surface area (Å²) < 4.78 is 6.79. The van der Waals surface area contributed by atoms with E-state index in [-0.39, 0.29) is 31.8 Å². The minimum atomic E-state index is -0.920. The average molecular weight is 698 g/mol. The highest BCUT2D eigenvalue weighted by Crippen LogP contribution is 2.32. The molecule has 11 heteroatoms. The van der Waals surface area contributed by atoms with Crippen molar-refractivity contribution in [2.75, 3.05) is 56.9 Å². The maximum absolute atomic E-state index is 13.9. The molecule has 4 N–H and O–H groups in total. The van der Waals surface area contributed by atoms with Crippen LogP contribution in [-0.4, -0.2) is 90.7 Å². The number of nitrogens with two attached hydrogens (primary N) is 1. The number of carbonyl (C=O) groups excluding carboxylic acids is 3. The predicted octanol–water partition coefficient (Wildman–Crippen LogP) is 5.51. The van der Waals surface area contributed by atoms with Gasteiger partial charge in [-0.2, -0.15) is 0 Å². The monoisotopic (exact) mass is 696 g/mol. The number of hydrogen-bond acceptors (Lipinski definition) is 6. The number of nitrogens with one attached hydrogen (secondary N) is 2. The van der Waals surface area contributed by atoms with Gasteiger partial charge in [-0.25, -0.2) is 9.59 Å². The molecule has 10 nitrogen and oxygen atoms in total. The Kier molecular flexibility index (Phi) is 11.5. The molecule has 4 heterocycles. The number of ether oxygens (including phenoxy) is 1. The summed E-state index contributed by atoms with van der Waals surface area (Å²) in [4.78, 5) is 46.0. The normalized spacial score (nSPS) is 20.6. The first-order chi connectivity index (χ1) is 21.9. The summed E-state index contributed by atoms with van der Waals surface area (Å²) in [6.07, 6.45) is 5.39. The molecule has 0 unspecified atom stereocenters. The van der Waals surface area contributed by atoms with Crippen LogP contribution in [0.5, 0.6) is 0 Å². The summed E-state index contributed by atoms with van der Waals surface area (Å²) in [7, 11) is 0. The number of hydrogen-bond donors (Lipinski definition) is 3. The Labute approximate surface area is 281 Å². The first-order valence-corrected chi connectivity index (χ1v) is 17.3. The van der Waals surface area contributed by atoms with Crippen molar-refractivity contribution in [3.8, 4) is 0 Å². The summed E-state index contributed by atoms with van der Waals surface area (Å²) in [5.41, 5.74) is 9.49. The molecule has 0 bridgehead atoms. The molecule has 6 rings (SSSR count). The van der Waals surface area contributed by atoms with Crippen LogP contribution in [0.4, 0.5) is 21.0 Å². The molecule has 3 fully saturated rings. The number of urea groups is 1. The number of para-hydroxylation sites is 1. The van der Waals surface area contributed by atoms with Crippen molar-refractivity contribution in [2.45, 2.75) is 70.9 Å². The lowest BCUT2D eigenvalue weighted by Gasteiger charge is -2.39. The molecule has 0 aliphatic carbocycles. The van der Waals surface area contributed by atoms with Crippen LogP contribution in [-0.2, 0) is 22.4 Å². The van der Waals surface area contributed by atoms with E-state index in [0.29, 0.717) is 57.2 Å². The van der Waals surface area contributed by atoms with Gasteiger partial charge in [0.05, 0.1) is 0 Å². The molecule has 250 valence electrons. The van der Waals surface area contributed by atoms with Crippen molar-refractivity contribution in [1.29, 1.82) is 0 Å². The van der Waals surface area contributed by atoms with Crippen LogP contribution >= 0.6 is 15.9 Å². The zero-order valence-corrected chi connectivity index (χ0v) is 27.5. The van der Waals surface area contributed by atoms with E-state index in [1.54, 1.807) is 11.0 Å². The molecule has 0 spiro atoms. The summed E-state index contributed by atoms with van der Waals surface area (Å²) in [5.74, 6) is 1.24. The number of rotatable bonds is 6. The Bertz CT molecular complexity index is 1370. The van der Waals surface area contributed by atoms with Gasteiger partial charge in [-0.3, -0.25) is 4.79 Å². The third-order valence-electron chi connectivity index (χ3n) is 10.2. The van der Waals surface area contributed by atoms with Crippen molar-refractivity contribution in [1.82, 2.24) is 20.0 Å². The Morgan fingerprint density at radius 1 is 0.913 bits per heavy atom. The van der Waals surface area contributed by atoms with Gasteiger partial charge >= 0.3 is 12.1 Å². The van der Waals surface area contributed by atoms with Gasteiger partial charge in [-0.15, -0.1) is 0 Å². The van der Waals surface area contributed by atoms with Crippen molar-refractivity contribution in [3.05, 3.63) is 58.1 Å². The largest absolute Gasteiger partial charge is 0.436 e. The van der Waals surface area contributed by atoms with Crippen LogP contribution in [0, 0.1) is 11.8 Å². The topological polar surface area (TPSA) is 120 Å². The maximum atomic E-state index is 13.9. The van der Waals surface area contributed by atoms with Crippen LogP contribution < -0.4 is 16.4 Å². The molecule has 0 radical (unpaired) electrons. The van der Waals surface area contributed by atoms with Crippen LogP contribution in [0.15, 0.2) is 46.9 Å². The van der Waals surface area contributed by atoms with Gasteiger partial charge in [-0.1, -0.05) is 31.7 Å². The fraction of sp³-hybridized carbons (Fsp3) is 0.571. The lowest BCUT2D eigenvalue weighted by atomic mass is 9.79. The summed E-state index contributed by atoms with van der Waals surface area (Å²) in [6.45, 7) is 5.12. The Morgan fingerprint density at radius 3 is 2.30 bits per heavy atom. The zero-order chi connectivity index (χ0) is 31.3. The molecule has 4 aliphatic heterocycles. The van der Waals surface area contributed by atoms with E-state index in [2.05, 4.69) is 32.6 Å². The second-order valence-electron chi connectivity index (χ2n) is 12.9. The smallest absolute Gasteiger partial charge is 0.410 e. The van der Waals surface area contributed by atoms with Crippen LogP contribution in [0.3, 0.4) is 0 Å². The Morgan fingerprint density at radius 2 is 1.59 bits per heavy atom. The zero-order valence-electron chi connectivity index (χ0n) is 25.9. The molecule has 2 aromatic carbocycles. The van der Waals surface area contributed by atoms with Gasteiger partial charge in [0.2, 0.25) is 0 Å². The van der Waals surface area contributed by atoms with Crippen LogP contribution in [0.25, 0.3) is 0 Å². The molecule has 3 saturated heterocycles. The standard InChI is InChI=1S/C34H45BrN6O4.CH4/c35-28-21-23(5-6-29(28)36)22-31(32(42)39-16-9-25(10-17-39)24-7-14-37-15-8-24)45-34(44)40-18-12-27(13-19-40)41-20-11-26-3-1-2-4-30(26)38-33(41)43;/h1-6,21,24-25,27,31,37H,7-20,22,36H2,(H,38,43);1H4/t31-;/m1./s1.